The molecule has 0 radical (unpaired) electrons. The Morgan fingerprint density at radius 2 is 1.83 bits per heavy atom. The highest BCUT2D eigenvalue weighted by Gasteiger charge is 2.43. The van der Waals surface area contributed by atoms with E-state index in [1.165, 1.54) is 4.90 Å². The number of imide groups is 1. The largest absolute Gasteiger partial charge is 0.366 e. The van der Waals surface area contributed by atoms with Crippen molar-refractivity contribution in [1.29, 1.82) is 0 Å². The summed E-state index contributed by atoms with van der Waals surface area (Å²) in [7, 11) is 0. The summed E-state index contributed by atoms with van der Waals surface area (Å²) in [5, 5.41) is 0. The van der Waals surface area contributed by atoms with Crippen LogP contribution in [0.1, 0.15) is 36.5 Å². The van der Waals surface area contributed by atoms with E-state index in [9.17, 15) is 9.59 Å². The Kier molecular flexibility index (Phi) is 5.34. The Bertz CT molecular complexity index is 1030. The molecule has 2 heterocycles. The van der Waals surface area contributed by atoms with Crippen molar-refractivity contribution in [3.63, 3.8) is 0 Å². The molecule has 2 amide bonds. The number of rotatable bonds is 3. The molecule has 2 aromatic rings. The zero-order chi connectivity index (χ0) is 20.7. The second kappa shape index (κ2) is 7.79. The summed E-state index contributed by atoms with van der Waals surface area (Å²) in [5.41, 5.74) is 4.67. The van der Waals surface area contributed by atoms with Crippen LogP contribution in [0.3, 0.4) is 0 Å². The van der Waals surface area contributed by atoms with Crippen LogP contribution in [0.15, 0.2) is 52.6 Å². The van der Waals surface area contributed by atoms with Gasteiger partial charge >= 0.3 is 0 Å². The number of halogens is 1. The molecule has 0 aromatic heterocycles. The summed E-state index contributed by atoms with van der Waals surface area (Å²) < 4.78 is 0.837. The molecule has 1 saturated heterocycles. The third-order valence-corrected chi connectivity index (χ3v) is 6.24. The van der Waals surface area contributed by atoms with E-state index < -0.39 is 0 Å². The predicted molar refractivity (Wildman–Crippen MR) is 119 cm³/mol. The fraction of sp³-hybridized carbons (Fsp3) is 0.333. The highest BCUT2D eigenvalue weighted by molar-refractivity contribution is 9.10. The summed E-state index contributed by atoms with van der Waals surface area (Å²) in [4.78, 5) is 30.6. The van der Waals surface area contributed by atoms with Crippen LogP contribution in [0.2, 0.25) is 0 Å². The van der Waals surface area contributed by atoms with Gasteiger partial charge in [0.05, 0.1) is 11.3 Å². The summed E-state index contributed by atoms with van der Waals surface area (Å²) in [6, 6.07) is 13.4. The Morgan fingerprint density at radius 3 is 2.52 bits per heavy atom. The average molecular weight is 453 g/mol. The number of hydrogen-bond acceptors (Lipinski definition) is 3. The zero-order valence-corrected chi connectivity index (χ0v) is 18.6. The number of piperidine rings is 1. The molecule has 0 N–H and O–H groups in total. The molecule has 1 fully saturated rings. The summed E-state index contributed by atoms with van der Waals surface area (Å²) in [6.45, 7) is 7.85. The molecular formula is C24H25BrN2O2. The molecule has 5 heteroatoms. The monoisotopic (exact) mass is 452 g/mol. The lowest BCUT2D eigenvalue weighted by molar-refractivity contribution is -0.120. The van der Waals surface area contributed by atoms with Gasteiger partial charge in [0.2, 0.25) is 0 Å². The molecular weight excluding hydrogens is 428 g/mol. The van der Waals surface area contributed by atoms with Gasteiger partial charge < -0.3 is 4.90 Å². The van der Waals surface area contributed by atoms with E-state index in [4.69, 9.17) is 0 Å². The van der Waals surface area contributed by atoms with Gasteiger partial charge in [-0.3, -0.25) is 9.59 Å². The van der Waals surface area contributed by atoms with Gasteiger partial charge in [-0.25, -0.2) is 4.90 Å². The quantitative estimate of drug-likeness (QED) is 0.609. The van der Waals surface area contributed by atoms with Crippen LogP contribution in [-0.4, -0.2) is 29.8 Å². The van der Waals surface area contributed by atoms with Crippen LogP contribution in [0.4, 0.5) is 5.69 Å². The summed E-state index contributed by atoms with van der Waals surface area (Å²) >= 11 is 3.46. The Labute approximate surface area is 180 Å². The highest BCUT2D eigenvalue weighted by Crippen LogP contribution is 2.38. The molecule has 29 heavy (non-hydrogen) atoms. The highest BCUT2D eigenvalue weighted by atomic mass is 79.9. The Morgan fingerprint density at radius 1 is 1.03 bits per heavy atom. The molecule has 0 bridgehead atoms. The average Bonchev–Trinajstić information content (AvgIpc) is 2.92. The van der Waals surface area contributed by atoms with E-state index in [1.807, 2.05) is 50.2 Å². The van der Waals surface area contributed by atoms with Crippen molar-refractivity contribution < 1.29 is 9.59 Å². The van der Waals surface area contributed by atoms with Gasteiger partial charge in [-0.05, 0) is 61.9 Å². The number of aryl methyl sites for hydroxylation is 2. The number of carbonyl (C=O) groups is 2. The maximum absolute atomic E-state index is 13.6. The summed E-state index contributed by atoms with van der Waals surface area (Å²) in [5.74, 6) is 0.0323. The molecule has 150 valence electrons. The maximum atomic E-state index is 13.6. The number of likely N-dealkylation sites (tertiary alicyclic amines) is 1. The lowest BCUT2D eigenvalue weighted by atomic mass is 9.95. The van der Waals surface area contributed by atoms with Crippen molar-refractivity contribution in [2.24, 2.45) is 5.92 Å². The van der Waals surface area contributed by atoms with Gasteiger partial charge in [-0.15, -0.1) is 0 Å². The fourth-order valence-electron chi connectivity index (χ4n) is 4.39. The number of anilines is 1. The molecule has 0 saturated carbocycles. The van der Waals surface area contributed by atoms with E-state index in [0.29, 0.717) is 22.9 Å². The van der Waals surface area contributed by atoms with E-state index >= 15 is 0 Å². The summed E-state index contributed by atoms with van der Waals surface area (Å²) in [6.07, 6.45) is 2.18. The van der Waals surface area contributed by atoms with Gasteiger partial charge in [-0.2, -0.15) is 0 Å². The number of carbonyl (C=O) groups excluding carboxylic acids is 2. The van der Waals surface area contributed by atoms with Crippen molar-refractivity contribution in [2.45, 2.75) is 33.6 Å². The van der Waals surface area contributed by atoms with E-state index in [-0.39, 0.29) is 11.8 Å². The SMILES string of the molecule is Cc1ccc(C2=C(N3CCCC(C)C3)C(=O)N(c3cccc(Br)c3)C2=O)c(C)c1. The molecule has 2 aromatic carbocycles. The van der Waals surface area contributed by atoms with Crippen LogP contribution >= 0.6 is 15.9 Å². The first-order valence-electron chi connectivity index (χ1n) is 10.1. The molecule has 1 unspecified atom stereocenters. The minimum absolute atomic E-state index is 0.225. The smallest absolute Gasteiger partial charge is 0.282 e. The minimum atomic E-state index is -0.242. The number of amides is 2. The van der Waals surface area contributed by atoms with E-state index in [2.05, 4.69) is 33.8 Å². The van der Waals surface area contributed by atoms with Crippen molar-refractivity contribution in [2.75, 3.05) is 18.0 Å². The zero-order valence-electron chi connectivity index (χ0n) is 17.0. The Hall–Kier alpha value is -2.40. The number of hydrogen-bond donors (Lipinski definition) is 0. The van der Waals surface area contributed by atoms with Crippen molar-refractivity contribution in [3.8, 4) is 0 Å². The lowest BCUT2D eigenvalue weighted by Gasteiger charge is -2.33. The fourth-order valence-corrected chi connectivity index (χ4v) is 4.78. The van der Waals surface area contributed by atoms with E-state index in [1.54, 1.807) is 0 Å². The number of nitrogens with zero attached hydrogens (tertiary/aromatic N) is 2. The van der Waals surface area contributed by atoms with Gasteiger partial charge in [0.15, 0.2) is 0 Å². The van der Waals surface area contributed by atoms with Crippen molar-refractivity contribution >= 4 is 39.0 Å². The molecule has 1 atom stereocenters. The third-order valence-electron chi connectivity index (χ3n) is 5.75. The normalized spacial score (nSPS) is 20.1. The van der Waals surface area contributed by atoms with Crippen molar-refractivity contribution in [1.82, 2.24) is 4.90 Å². The van der Waals surface area contributed by atoms with Gasteiger partial charge in [-0.1, -0.05) is 52.7 Å². The molecule has 4 nitrogen and oxygen atoms in total. The van der Waals surface area contributed by atoms with Gasteiger partial charge in [0.1, 0.15) is 5.70 Å². The van der Waals surface area contributed by atoms with Crippen LogP contribution in [-0.2, 0) is 9.59 Å². The first kappa shape index (κ1) is 19.9. The van der Waals surface area contributed by atoms with Gasteiger partial charge in [0, 0.05) is 17.6 Å². The van der Waals surface area contributed by atoms with Crippen LogP contribution < -0.4 is 4.90 Å². The maximum Gasteiger partial charge on any atom is 0.282 e. The molecule has 4 rings (SSSR count). The predicted octanol–water partition coefficient (Wildman–Crippen LogP) is 5.08. The third kappa shape index (κ3) is 3.64. The minimum Gasteiger partial charge on any atom is -0.366 e. The first-order chi connectivity index (χ1) is 13.9. The van der Waals surface area contributed by atoms with Gasteiger partial charge in [0.25, 0.3) is 11.8 Å². The second-order valence-electron chi connectivity index (χ2n) is 8.16. The van der Waals surface area contributed by atoms with Crippen LogP contribution in [0.25, 0.3) is 5.57 Å². The molecule has 2 aliphatic rings. The standard InChI is InChI=1S/C24H25BrN2O2/c1-15-9-10-20(17(3)12-15)21-22(26-11-5-6-16(2)14-26)24(29)27(23(21)28)19-8-4-7-18(25)13-19/h4,7-10,12-13,16H,5-6,11,14H2,1-3H3. The first-order valence-corrected chi connectivity index (χ1v) is 10.9. The van der Waals surface area contributed by atoms with Crippen LogP contribution in [0, 0.1) is 19.8 Å². The topological polar surface area (TPSA) is 40.6 Å². The Balaban J connectivity index is 1.87. The molecule has 0 aliphatic carbocycles. The number of benzene rings is 2. The van der Waals surface area contributed by atoms with Crippen LogP contribution in [0.5, 0.6) is 0 Å². The molecule has 0 spiro atoms. The van der Waals surface area contributed by atoms with E-state index in [0.717, 1.165) is 47.1 Å². The van der Waals surface area contributed by atoms with Crippen molar-refractivity contribution in [3.05, 3.63) is 69.3 Å². The lowest BCUT2D eigenvalue weighted by Crippen LogP contribution is -2.39. The molecule has 2 aliphatic heterocycles. The second-order valence-corrected chi connectivity index (χ2v) is 9.08.